The number of hydrogen-bond donors (Lipinski definition) is 1. The molecule has 176 valence electrons. The molecule has 0 saturated heterocycles. The minimum atomic E-state index is -0.811. The van der Waals surface area contributed by atoms with Gasteiger partial charge in [-0.1, -0.05) is 29.8 Å². The van der Waals surface area contributed by atoms with Gasteiger partial charge in [0, 0.05) is 17.5 Å². The van der Waals surface area contributed by atoms with Crippen LogP contribution in [0.15, 0.2) is 60.1 Å². The highest BCUT2D eigenvalue weighted by Crippen LogP contribution is 2.38. The number of fused-ring (bicyclic) bond motifs is 1. The Labute approximate surface area is 194 Å². The average molecular weight is 467 g/mol. The number of anilines is 2. The third-order valence-electron chi connectivity index (χ3n) is 5.44. The van der Waals surface area contributed by atoms with Crippen molar-refractivity contribution < 1.29 is 23.1 Å². The summed E-state index contributed by atoms with van der Waals surface area (Å²) in [6, 6.07) is 9.81. The van der Waals surface area contributed by atoms with E-state index < -0.39 is 29.6 Å². The van der Waals surface area contributed by atoms with Gasteiger partial charge in [-0.05, 0) is 38.5 Å². The van der Waals surface area contributed by atoms with Crippen molar-refractivity contribution in [2.24, 2.45) is 0 Å². The summed E-state index contributed by atoms with van der Waals surface area (Å²) in [7, 11) is 0. The van der Waals surface area contributed by atoms with Crippen LogP contribution in [0.1, 0.15) is 31.0 Å². The van der Waals surface area contributed by atoms with Gasteiger partial charge in [0.25, 0.3) is 0 Å². The van der Waals surface area contributed by atoms with Gasteiger partial charge in [-0.15, -0.1) is 0 Å². The minimum Gasteiger partial charge on any atom is -0.463 e. The number of carbonyl (C=O) groups excluding carboxylic acids is 2. The summed E-state index contributed by atoms with van der Waals surface area (Å²) in [6.07, 6.45) is 1.34. The van der Waals surface area contributed by atoms with Crippen LogP contribution < -0.4 is 10.2 Å². The van der Waals surface area contributed by atoms with Gasteiger partial charge in [0.05, 0.1) is 12.2 Å². The van der Waals surface area contributed by atoms with Gasteiger partial charge in [-0.25, -0.2) is 18.3 Å². The number of amides is 1. The maximum absolute atomic E-state index is 13.5. The maximum Gasteiger partial charge on any atom is 0.338 e. The zero-order valence-electron chi connectivity index (χ0n) is 18.9. The van der Waals surface area contributed by atoms with E-state index in [9.17, 15) is 18.4 Å². The molecule has 1 aromatic heterocycles. The molecule has 1 N–H and O–H groups in total. The summed E-state index contributed by atoms with van der Waals surface area (Å²) >= 11 is 0. The lowest BCUT2D eigenvalue weighted by Crippen LogP contribution is -2.40. The van der Waals surface area contributed by atoms with Crippen LogP contribution in [0.5, 0.6) is 0 Å². The lowest BCUT2D eigenvalue weighted by Gasteiger charge is -2.35. The number of halogens is 2. The monoisotopic (exact) mass is 467 g/mol. The van der Waals surface area contributed by atoms with Crippen molar-refractivity contribution in [2.45, 2.75) is 26.8 Å². The zero-order valence-corrected chi connectivity index (χ0v) is 18.9. The molecule has 0 aliphatic carbocycles. The fraction of sp³-hybridized carbons (Fsp3) is 0.250. The minimum absolute atomic E-state index is 0.0224. The Balaban J connectivity index is 1.72. The Morgan fingerprint density at radius 1 is 1.09 bits per heavy atom. The molecule has 0 radical (unpaired) electrons. The largest absolute Gasteiger partial charge is 0.463 e. The molecule has 1 amide bonds. The Kier molecular flexibility index (Phi) is 6.40. The normalized spacial score (nSPS) is 15.2. The van der Waals surface area contributed by atoms with Crippen molar-refractivity contribution >= 4 is 23.5 Å². The summed E-state index contributed by atoms with van der Waals surface area (Å²) in [4.78, 5) is 31.6. The van der Waals surface area contributed by atoms with Crippen LogP contribution in [0.4, 0.5) is 20.4 Å². The number of nitrogens with one attached hydrogen (secondary N) is 1. The molecule has 3 aromatic rings. The summed E-state index contributed by atoms with van der Waals surface area (Å²) in [5.41, 5.74) is 2.62. The molecule has 34 heavy (non-hydrogen) atoms. The second-order valence-corrected chi connectivity index (χ2v) is 7.83. The van der Waals surface area contributed by atoms with E-state index in [1.165, 1.54) is 11.2 Å². The van der Waals surface area contributed by atoms with E-state index in [-0.39, 0.29) is 18.8 Å². The van der Waals surface area contributed by atoms with Gasteiger partial charge in [-0.3, -0.25) is 4.79 Å². The Morgan fingerprint density at radius 2 is 1.76 bits per heavy atom. The fourth-order valence-corrected chi connectivity index (χ4v) is 3.92. The summed E-state index contributed by atoms with van der Waals surface area (Å²) in [6.45, 7) is 5.27. The van der Waals surface area contributed by atoms with E-state index in [1.54, 1.807) is 18.5 Å². The van der Waals surface area contributed by atoms with Gasteiger partial charge in [-0.2, -0.15) is 10.1 Å². The van der Waals surface area contributed by atoms with E-state index in [4.69, 9.17) is 4.74 Å². The molecule has 2 heterocycles. The van der Waals surface area contributed by atoms with Crippen molar-refractivity contribution in [2.75, 3.05) is 23.4 Å². The maximum atomic E-state index is 13.5. The third kappa shape index (κ3) is 4.52. The smallest absolute Gasteiger partial charge is 0.338 e. The van der Waals surface area contributed by atoms with Crippen LogP contribution in [0.2, 0.25) is 0 Å². The molecule has 0 unspecified atom stereocenters. The SMILES string of the molecule is CCOC(=O)C1=C(C)N(CC(=O)Nc2cc(F)cc(F)c2)c2ncnn2[C@H]1c1ccc(C)cc1. The Morgan fingerprint density at radius 3 is 2.41 bits per heavy atom. The number of aryl methyl sites for hydroxylation is 1. The second kappa shape index (κ2) is 9.42. The average Bonchev–Trinajstić information content (AvgIpc) is 3.25. The predicted octanol–water partition coefficient (Wildman–Crippen LogP) is 3.75. The van der Waals surface area contributed by atoms with Gasteiger partial charge in [0.2, 0.25) is 11.9 Å². The summed E-state index contributed by atoms with van der Waals surface area (Å²) in [5, 5.41) is 6.80. The molecule has 8 nitrogen and oxygen atoms in total. The Hall–Kier alpha value is -4.08. The molecular weight excluding hydrogens is 444 g/mol. The van der Waals surface area contributed by atoms with Crippen LogP contribution in [-0.2, 0) is 14.3 Å². The highest BCUT2D eigenvalue weighted by atomic mass is 19.1. The molecule has 0 spiro atoms. The van der Waals surface area contributed by atoms with Crippen molar-refractivity contribution in [1.82, 2.24) is 14.8 Å². The number of esters is 1. The van der Waals surface area contributed by atoms with Crippen molar-refractivity contribution in [3.63, 3.8) is 0 Å². The lowest BCUT2D eigenvalue weighted by molar-refractivity contribution is -0.139. The highest BCUT2D eigenvalue weighted by molar-refractivity contribution is 5.96. The molecule has 10 heteroatoms. The number of aromatic nitrogens is 3. The molecule has 0 bridgehead atoms. The van der Waals surface area contributed by atoms with Crippen LogP contribution >= 0.6 is 0 Å². The van der Waals surface area contributed by atoms with Gasteiger partial charge in [0.1, 0.15) is 30.5 Å². The van der Waals surface area contributed by atoms with Crippen LogP contribution in [-0.4, -0.2) is 39.8 Å². The molecule has 1 atom stereocenters. The van der Waals surface area contributed by atoms with E-state index >= 15 is 0 Å². The first-order valence-electron chi connectivity index (χ1n) is 10.7. The number of benzene rings is 2. The number of allylic oxidation sites excluding steroid dienone is 1. The molecule has 0 saturated carbocycles. The second-order valence-electron chi connectivity index (χ2n) is 7.83. The van der Waals surface area contributed by atoms with E-state index in [2.05, 4.69) is 15.4 Å². The number of hydrogen-bond acceptors (Lipinski definition) is 6. The first-order valence-corrected chi connectivity index (χ1v) is 10.7. The molecule has 1 aliphatic heterocycles. The van der Waals surface area contributed by atoms with Gasteiger partial charge < -0.3 is 15.0 Å². The summed E-state index contributed by atoms with van der Waals surface area (Å²) in [5.74, 6) is -2.37. The highest BCUT2D eigenvalue weighted by Gasteiger charge is 2.38. The van der Waals surface area contributed by atoms with Crippen LogP contribution in [0, 0.1) is 18.6 Å². The molecule has 2 aromatic carbocycles. The van der Waals surface area contributed by atoms with E-state index in [0.717, 1.165) is 23.3 Å². The van der Waals surface area contributed by atoms with Crippen molar-refractivity contribution in [3.8, 4) is 0 Å². The summed E-state index contributed by atoms with van der Waals surface area (Å²) < 4.78 is 33.9. The van der Waals surface area contributed by atoms with E-state index in [0.29, 0.717) is 23.3 Å². The number of nitrogens with zero attached hydrogens (tertiary/aromatic N) is 4. The molecule has 4 rings (SSSR count). The molecular formula is C24H23F2N5O3. The van der Waals surface area contributed by atoms with E-state index in [1.807, 2.05) is 31.2 Å². The van der Waals surface area contributed by atoms with Crippen LogP contribution in [0.3, 0.4) is 0 Å². The first-order chi connectivity index (χ1) is 16.3. The quantitative estimate of drug-likeness (QED) is 0.556. The molecule has 1 aliphatic rings. The van der Waals surface area contributed by atoms with Crippen molar-refractivity contribution in [1.29, 1.82) is 0 Å². The fourth-order valence-electron chi connectivity index (χ4n) is 3.92. The van der Waals surface area contributed by atoms with Crippen LogP contribution in [0.25, 0.3) is 0 Å². The number of ether oxygens (including phenoxy) is 1. The van der Waals surface area contributed by atoms with Gasteiger partial charge >= 0.3 is 5.97 Å². The standard InChI is InChI=1S/C24H23F2N5O3/c1-4-34-23(33)21-15(3)30(12-20(32)29-19-10-17(25)9-18(26)11-19)24-27-13-28-31(24)22(21)16-7-5-14(2)6-8-16/h5-11,13,22H,4,12H2,1-3H3,(H,29,32)/t22-/m0/s1. The van der Waals surface area contributed by atoms with Crippen molar-refractivity contribution in [3.05, 3.63) is 82.8 Å². The lowest BCUT2D eigenvalue weighted by atomic mass is 9.94. The zero-order chi connectivity index (χ0) is 24.4. The topological polar surface area (TPSA) is 89.3 Å². The number of rotatable bonds is 6. The van der Waals surface area contributed by atoms with Gasteiger partial charge in [0.15, 0.2) is 0 Å². The third-order valence-corrected chi connectivity index (χ3v) is 5.44. The molecule has 0 fully saturated rings. The predicted molar refractivity (Wildman–Crippen MR) is 121 cm³/mol. The number of carbonyl (C=O) groups is 2. The first kappa shape index (κ1) is 23.1. The Bertz CT molecular complexity index is 1250.